The number of carbonyl (C=O) groups is 1. The van der Waals surface area contributed by atoms with E-state index in [4.69, 9.17) is 5.73 Å². The lowest BCUT2D eigenvalue weighted by Gasteiger charge is -2.08. The summed E-state index contributed by atoms with van der Waals surface area (Å²) in [5, 5.41) is 5.50. The Labute approximate surface area is 101 Å². The lowest BCUT2D eigenvalue weighted by atomic mass is 10.0. The number of hydrogen-bond acceptors (Lipinski definition) is 3. The minimum absolute atomic E-state index is 0.0312. The molecule has 0 fully saturated rings. The van der Waals surface area contributed by atoms with Crippen molar-refractivity contribution in [1.82, 2.24) is 5.32 Å². The van der Waals surface area contributed by atoms with E-state index in [0.717, 1.165) is 18.4 Å². The van der Waals surface area contributed by atoms with Gasteiger partial charge in [0, 0.05) is 6.54 Å². The molecule has 0 aromatic carbocycles. The highest BCUT2D eigenvalue weighted by atomic mass is 32.1. The highest BCUT2D eigenvalue weighted by molar-refractivity contribution is 7.14. The Bertz CT molecular complexity index is 358. The second-order valence-electron chi connectivity index (χ2n) is 4.35. The summed E-state index contributed by atoms with van der Waals surface area (Å²) in [4.78, 5) is 11.9. The van der Waals surface area contributed by atoms with Crippen molar-refractivity contribution in [1.29, 1.82) is 0 Å². The van der Waals surface area contributed by atoms with E-state index in [9.17, 15) is 4.79 Å². The third kappa shape index (κ3) is 3.23. The molecule has 1 rings (SSSR count). The molecule has 90 valence electrons. The Morgan fingerprint density at radius 3 is 2.81 bits per heavy atom. The van der Waals surface area contributed by atoms with Crippen molar-refractivity contribution >= 4 is 22.2 Å². The summed E-state index contributed by atoms with van der Waals surface area (Å²) in [5.74, 6) is 0.503. The van der Waals surface area contributed by atoms with E-state index >= 15 is 0 Å². The smallest absolute Gasteiger partial charge is 0.254 e. The van der Waals surface area contributed by atoms with Gasteiger partial charge in [0.25, 0.3) is 5.91 Å². The van der Waals surface area contributed by atoms with Crippen molar-refractivity contribution < 1.29 is 4.79 Å². The number of anilines is 1. The first-order valence-electron chi connectivity index (χ1n) is 5.70. The molecule has 1 heterocycles. The largest absolute Gasteiger partial charge is 0.390 e. The first-order valence-corrected chi connectivity index (χ1v) is 6.58. The third-order valence-corrected chi connectivity index (χ3v) is 3.15. The van der Waals surface area contributed by atoms with E-state index in [-0.39, 0.29) is 5.91 Å². The summed E-state index contributed by atoms with van der Waals surface area (Å²) in [6.07, 6.45) is 1.85. The fourth-order valence-electron chi connectivity index (χ4n) is 1.59. The van der Waals surface area contributed by atoms with Crippen molar-refractivity contribution in [2.45, 2.75) is 33.6 Å². The van der Waals surface area contributed by atoms with Crippen LogP contribution in [0.1, 0.15) is 43.1 Å². The quantitative estimate of drug-likeness (QED) is 0.831. The SMILES string of the molecule is CCCNC(=O)c1c(CC(C)C)csc1N. The fourth-order valence-corrected chi connectivity index (χ4v) is 2.41. The molecule has 0 atom stereocenters. The molecule has 1 aromatic heterocycles. The number of rotatable bonds is 5. The zero-order valence-corrected chi connectivity index (χ0v) is 11.0. The maximum absolute atomic E-state index is 11.9. The van der Waals surface area contributed by atoms with Crippen molar-refractivity contribution in [2.24, 2.45) is 5.92 Å². The van der Waals surface area contributed by atoms with Crippen LogP contribution in [0.25, 0.3) is 0 Å². The normalized spacial score (nSPS) is 10.8. The molecular weight excluding hydrogens is 220 g/mol. The number of nitrogens with two attached hydrogens (primary N) is 1. The first kappa shape index (κ1) is 13.0. The van der Waals surface area contributed by atoms with Gasteiger partial charge in [-0.15, -0.1) is 11.3 Å². The van der Waals surface area contributed by atoms with E-state index in [1.54, 1.807) is 0 Å². The van der Waals surface area contributed by atoms with E-state index < -0.39 is 0 Å². The third-order valence-electron chi connectivity index (χ3n) is 2.29. The molecule has 0 aliphatic rings. The number of hydrogen-bond donors (Lipinski definition) is 2. The van der Waals surface area contributed by atoms with Crippen LogP contribution in [0.5, 0.6) is 0 Å². The summed E-state index contributed by atoms with van der Waals surface area (Å²) in [6, 6.07) is 0. The number of carbonyl (C=O) groups excluding carboxylic acids is 1. The van der Waals surface area contributed by atoms with Gasteiger partial charge in [-0.05, 0) is 29.7 Å². The fraction of sp³-hybridized carbons (Fsp3) is 0.583. The van der Waals surface area contributed by atoms with Crippen LogP contribution >= 0.6 is 11.3 Å². The molecule has 0 unspecified atom stereocenters. The van der Waals surface area contributed by atoms with Crippen molar-refractivity contribution in [3.8, 4) is 0 Å². The maximum Gasteiger partial charge on any atom is 0.254 e. The molecule has 3 nitrogen and oxygen atoms in total. The molecule has 1 aromatic rings. The van der Waals surface area contributed by atoms with Crippen molar-refractivity contribution in [3.63, 3.8) is 0 Å². The van der Waals surface area contributed by atoms with Crippen LogP contribution in [0, 0.1) is 5.92 Å². The molecule has 3 N–H and O–H groups in total. The van der Waals surface area contributed by atoms with E-state index in [1.165, 1.54) is 11.3 Å². The van der Waals surface area contributed by atoms with Crippen LogP contribution < -0.4 is 11.1 Å². The van der Waals surface area contributed by atoms with Crippen LogP contribution in [0.15, 0.2) is 5.38 Å². The number of nitrogen functional groups attached to an aromatic ring is 1. The molecule has 1 amide bonds. The van der Waals surface area contributed by atoms with Crippen LogP contribution in [0.3, 0.4) is 0 Å². The molecule has 0 spiro atoms. The van der Waals surface area contributed by atoms with Gasteiger partial charge in [-0.25, -0.2) is 0 Å². The summed E-state index contributed by atoms with van der Waals surface area (Å²) in [6.45, 7) is 7.02. The predicted octanol–water partition coefficient (Wildman–Crippen LogP) is 2.67. The van der Waals surface area contributed by atoms with E-state index in [2.05, 4.69) is 19.2 Å². The molecule has 16 heavy (non-hydrogen) atoms. The summed E-state index contributed by atoms with van der Waals surface area (Å²) in [5.41, 5.74) is 7.61. The summed E-state index contributed by atoms with van der Waals surface area (Å²) < 4.78 is 0. The second-order valence-corrected chi connectivity index (χ2v) is 5.27. The van der Waals surface area contributed by atoms with Gasteiger partial charge in [0.1, 0.15) is 0 Å². The maximum atomic E-state index is 11.9. The molecule has 0 saturated carbocycles. The van der Waals surface area contributed by atoms with Crippen LogP contribution in [0.2, 0.25) is 0 Å². The predicted molar refractivity (Wildman–Crippen MR) is 69.9 cm³/mol. The Balaban J connectivity index is 2.84. The second kappa shape index (κ2) is 5.89. The molecule has 0 bridgehead atoms. The number of amides is 1. The molecule has 0 aliphatic heterocycles. The van der Waals surface area contributed by atoms with Crippen molar-refractivity contribution in [2.75, 3.05) is 12.3 Å². The van der Waals surface area contributed by atoms with Crippen molar-refractivity contribution in [3.05, 3.63) is 16.5 Å². The van der Waals surface area contributed by atoms with Crippen LogP contribution in [-0.4, -0.2) is 12.5 Å². The van der Waals surface area contributed by atoms with Crippen LogP contribution in [-0.2, 0) is 6.42 Å². The van der Waals surface area contributed by atoms with Gasteiger partial charge < -0.3 is 11.1 Å². The molecule has 4 heteroatoms. The highest BCUT2D eigenvalue weighted by Crippen LogP contribution is 2.27. The average molecular weight is 240 g/mol. The lowest BCUT2D eigenvalue weighted by Crippen LogP contribution is -2.25. The van der Waals surface area contributed by atoms with E-state index in [1.807, 2.05) is 12.3 Å². The average Bonchev–Trinajstić information content (AvgIpc) is 2.55. The van der Waals surface area contributed by atoms with E-state index in [0.29, 0.717) is 23.0 Å². The monoisotopic (exact) mass is 240 g/mol. The Kier molecular flexibility index (Phi) is 4.80. The standard InChI is InChI=1S/C12H20N2OS/c1-4-5-14-12(15)10-9(6-8(2)3)7-16-11(10)13/h7-8H,4-6,13H2,1-3H3,(H,14,15). The minimum atomic E-state index is -0.0312. The topological polar surface area (TPSA) is 55.1 Å². The van der Waals surface area contributed by atoms with Gasteiger partial charge in [0.2, 0.25) is 0 Å². The Morgan fingerprint density at radius 1 is 1.56 bits per heavy atom. The Hall–Kier alpha value is -1.03. The molecule has 0 radical (unpaired) electrons. The zero-order chi connectivity index (χ0) is 12.1. The Morgan fingerprint density at radius 2 is 2.25 bits per heavy atom. The summed E-state index contributed by atoms with van der Waals surface area (Å²) >= 11 is 1.45. The molecule has 0 aliphatic carbocycles. The zero-order valence-electron chi connectivity index (χ0n) is 10.2. The first-order chi connectivity index (χ1) is 7.56. The van der Waals surface area contributed by atoms with Gasteiger partial charge in [-0.3, -0.25) is 4.79 Å². The molecular formula is C12H20N2OS. The lowest BCUT2D eigenvalue weighted by molar-refractivity contribution is 0.0954. The van der Waals surface area contributed by atoms with Gasteiger partial charge in [-0.1, -0.05) is 20.8 Å². The van der Waals surface area contributed by atoms with Gasteiger partial charge in [-0.2, -0.15) is 0 Å². The number of thiophene rings is 1. The van der Waals surface area contributed by atoms with Crippen LogP contribution in [0.4, 0.5) is 5.00 Å². The summed E-state index contributed by atoms with van der Waals surface area (Å²) in [7, 11) is 0. The number of nitrogens with one attached hydrogen (secondary N) is 1. The minimum Gasteiger partial charge on any atom is -0.390 e. The van der Waals surface area contributed by atoms with Gasteiger partial charge in [0.05, 0.1) is 10.6 Å². The van der Waals surface area contributed by atoms with Gasteiger partial charge >= 0.3 is 0 Å². The molecule has 0 saturated heterocycles. The van der Waals surface area contributed by atoms with Gasteiger partial charge in [0.15, 0.2) is 0 Å². The highest BCUT2D eigenvalue weighted by Gasteiger charge is 2.17.